The number of halogens is 1. The highest BCUT2D eigenvalue weighted by atomic mass is 35.5. The summed E-state index contributed by atoms with van der Waals surface area (Å²) < 4.78 is 0. The zero-order valence-corrected chi connectivity index (χ0v) is 13.7. The van der Waals surface area contributed by atoms with Crippen LogP contribution in [0.2, 0.25) is 5.02 Å². The Morgan fingerprint density at radius 1 is 1.09 bits per heavy atom. The summed E-state index contributed by atoms with van der Waals surface area (Å²) in [6, 6.07) is 15.6. The van der Waals surface area contributed by atoms with Gasteiger partial charge >= 0.3 is 0 Å². The van der Waals surface area contributed by atoms with Gasteiger partial charge in [-0.05, 0) is 48.2 Å². The minimum absolute atomic E-state index is 0.0700. The second kappa shape index (κ2) is 7.05. The third-order valence-electron chi connectivity index (χ3n) is 4.50. The van der Waals surface area contributed by atoms with Crippen LogP contribution < -0.4 is 11.1 Å². The molecule has 2 atom stereocenters. The van der Waals surface area contributed by atoms with Gasteiger partial charge < -0.3 is 11.1 Å². The summed E-state index contributed by atoms with van der Waals surface area (Å²) in [7, 11) is 0. The van der Waals surface area contributed by atoms with Crippen molar-refractivity contribution in [3.05, 3.63) is 64.7 Å². The van der Waals surface area contributed by atoms with Gasteiger partial charge in [-0.2, -0.15) is 0 Å². The summed E-state index contributed by atoms with van der Waals surface area (Å²) >= 11 is 5.96. The van der Waals surface area contributed by atoms with Crippen LogP contribution in [0.5, 0.6) is 0 Å². The topological polar surface area (TPSA) is 55.1 Å². The van der Waals surface area contributed by atoms with Crippen LogP contribution in [0.1, 0.15) is 36.3 Å². The number of rotatable bonds is 4. The van der Waals surface area contributed by atoms with Gasteiger partial charge in [-0.25, -0.2) is 0 Å². The second-order valence-corrected chi connectivity index (χ2v) is 6.62. The summed E-state index contributed by atoms with van der Waals surface area (Å²) in [5.74, 6) is 0.447. The van der Waals surface area contributed by atoms with Crippen LogP contribution in [0.15, 0.2) is 48.5 Å². The van der Waals surface area contributed by atoms with Crippen LogP contribution in [0.3, 0.4) is 0 Å². The SMILES string of the molecule is Nc1ccc(CC(=O)N[C@@H]2CCC[C@@H]2c2ccc(Cl)cc2)cc1. The maximum absolute atomic E-state index is 12.3. The molecule has 1 fully saturated rings. The van der Waals surface area contributed by atoms with Crippen molar-refractivity contribution in [2.75, 3.05) is 5.73 Å². The van der Waals surface area contributed by atoms with Crippen molar-refractivity contribution >= 4 is 23.2 Å². The van der Waals surface area contributed by atoms with E-state index in [9.17, 15) is 4.79 Å². The number of amides is 1. The van der Waals surface area contributed by atoms with Gasteiger partial charge in [0.05, 0.1) is 6.42 Å². The molecule has 3 N–H and O–H groups in total. The van der Waals surface area contributed by atoms with E-state index < -0.39 is 0 Å². The van der Waals surface area contributed by atoms with E-state index in [-0.39, 0.29) is 11.9 Å². The average Bonchev–Trinajstić information content (AvgIpc) is 2.98. The molecule has 1 amide bonds. The Balaban J connectivity index is 1.62. The maximum Gasteiger partial charge on any atom is 0.224 e. The minimum atomic E-state index is 0.0700. The highest BCUT2D eigenvalue weighted by Gasteiger charge is 2.29. The Bertz CT molecular complexity index is 667. The van der Waals surface area contributed by atoms with Gasteiger partial charge in [0.1, 0.15) is 0 Å². The molecule has 4 heteroatoms. The maximum atomic E-state index is 12.3. The molecule has 3 rings (SSSR count). The molecule has 1 saturated carbocycles. The number of benzene rings is 2. The van der Waals surface area contributed by atoms with Crippen LogP contribution >= 0.6 is 11.6 Å². The molecule has 120 valence electrons. The number of carbonyl (C=O) groups excluding carboxylic acids is 1. The van der Waals surface area contributed by atoms with E-state index in [1.807, 2.05) is 36.4 Å². The van der Waals surface area contributed by atoms with E-state index in [1.54, 1.807) is 0 Å². The summed E-state index contributed by atoms with van der Waals surface area (Å²) in [6.45, 7) is 0. The molecule has 1 aliphatic rings. The summed E-state index contributed by atoms with van der Waals surface area (Å²) in [5.41, 5.74) is 8.63. The quantitative estimate of drug-likeness (QED) is 0.836. The number of nitrogens with one attached hydrogen (secondary N) is 1. The molecule has 0 unspecified atom stereocenters. The van der Waals surface area contributed by atoms with Crippen molar-refractivity contribution in [3.63, 3.8) is 0 Å². The van der Waals surface area contributed by atoms with Crippen molar-refractivity contribution in [2.24, 2.45) is 0 Å². The smallest absolute Gasteiger partial charge is 0.224 e. The Hall–Kier alpha value is -2.00. The monoisotopic (exact) mass is 328 g/mol. The third kappa shape index (κ3) is 4.05. The largest absolute Gasteiger partial charge is 0.399 e. The fraction of sp³-hybridized carbons (Fsp3) is 0.316. The first kappa shape index (κ1) is 15.9. The van der Waals surface area contributed by atoms with E-state index in [0.717, 1.165) is 29.8 Å². The molecule has 0 saturated heterocycles. The van der Waals surface area contributed by atoms with E-state index in [0.29, 0.717) is 18.0 Å². The first-order chi connectivity index (χ1) is 11.1. The van der Waals surface area contributed by atoms with E-state index in [1.165, 1.54) is 5.56 Å². The van der Waals surface area contributed by atoms with E-state index in [4.69, 9.17) is 17.3 Å². The highest BCUT2D eigenvalue weighted by molar-refractivity contribution is 6.30. The average molecular weight is 329 g/mol. The fourth-order valence-corrected chi connectivity index (χ4v) is 3.45. The lowest BCUT2D eigenvalue weighted by molar-refractivity contribution is -0.121. The number of hydrogen-bond donors (Lipinski definition) is 2. The Labute approximate surface area is 141 Å². The van der Waals surface area contributed by atoms with E-state index >= 15 is 0 Å². The number of nitrogens with two attached hydrogens (primary N) is 1. The van der Waals surface area contributed by atoms with Crippen LogP contribution in [0.25, 0.3) is 0 Å². The molecule has 0 radical (unpaired) electrons. The van der Waals surface area contributed by atoms with Crippen molar-refractivity contribution in [1.29, 1.82) is 0 Å². The molecule has 0 aliphatic heterocycles. The van der Waals surface area contributed by atoms with Gasteiger partial charge in [0.2, 0.25) is 5.91 Å². The lowest BCUT2D eigenvalue weighted by atomic mass is 9.94. The number of carbonyl (C=O) groups is 1. The summed E-state index contributed by atoms with van der Waals surface area (Å²) in [5, 5.41) is 3.95. The molecule has 2 aromatic rings. The lowest BCUT2D eigenvalue weighted by Crippen LogP contribution is -2.37. The molecule has 0 bridgehead atoms. The van der Waals surface area contributed by atoms with Gasteiger partial charge in [-0.3, -0.25) is 4.79 Å². The first-order valence-electron chi connectivity index (χ1n) is 8.01. The van der Waals surface area contributed by atoms with Crippen LogP contribution in [-0.2, 0) is 11.2 Å². The molecule has 0 heterocycles. The summed E-state index contributed by atoms with van der Waals surface area (Å²) in [4.78, 5) is 12.3. The number of nitrogen functional groups attached to an aromatic ring is 1. The molecular weight excluding hydrogens is 308 g/mol. The molecule has 2 aromatic carbocycles. The van der Waals surface area contributed by atoms with Crippen LogP contribution in [0.4, 0.5) is 5.69 Å². The molecule has 23 heavy (non-hydrogen) atoms. The number of anilines is 1. The Kier molecular flexibility index (Phi) is 4.87. The predicted molar refractivity (Wildman–Crippen MR) is 94.5 cm³/mol. The van der Waals surface area contributed by atoms with Crippen LogP contribution in [-0.4, -0.2) is 11.9 Å². The minimum Gasteiger partial charge on any atom is -0.399 e. The summed E-state index contributed by atoms with van der Waals surface area (Å²) in [6.07, 6.45) is 3.67. The van der Waals surface area contributed by atoms with Gasteiger partial charge in [0.15, 0.2) is 0 Å². The van der Waals surface area contributed by atoms with Gasteiger partial charge in [0, 0.05) is 22.7 Å². The zero-order chi connectivity index (χ0) is 16.2. The number of hydrogen-bond acceptors (Lipinski definition) is 2. The van der Waals surface area contributed by atoms with Crippen molar-refractivity contribution in [3.8, 4) is 0 Å². The molecule has 3 nitrogen and oxygen atoms in total. The third-order valence-corrected chi connectivity index (χ3v) is 4.76. The van der Waals surface area contributed by atoms with Crippen molar-refractivity contribution in [2.45, 2.75) is 37.6 Å². The molecule has 0 spiro atoms. The lowest BCUT2D eigenvalue weighted by Gasteiger charge is -2.21. The van der Waals surface area contributed by atoms with Crippen LogP contribution in [0, 0.1) is 0 Å². The first-order valence-corrected chi connectivity index (χ1v) is 8.39. The van der Waals surface area contributed by atoms with Gasteiger partial charge in [-0.15, -0.1) is 0 Å². The molecular formula is C19H21ClN2O. The predicted octanol–water partition coefficient (Wildman–Crippen LogP) is 3.92. The normalized spacial score (nSPS) is 20.4. The Morgan fingerprint density at radius 3 is 2.48 bits per heavy atom. The van der Waals surface area contributed by atoms with Crippen molar-refractivity contribution in [1.82, 2.24) is 5.32 Å². The fourth-order valence-electron chi connectivity index (χ4n) is 3.32. The Morgan fingerprint density at radius 2 is 1.78 bits per heavy atom. The zero-order valence-electron chi connectivity index (χ0n) is 13.0. The second-order valence-electron chi connectivity index (χ2n) is 6.18. The molecule has 1 aliphatic carbocycles. The molecule has 0 aromatic heterocycles. The highest BCUT2D eigenvalue weighted by Crippen LogP contribution is 2.35. The van der Waals surface area contributed by atoms with Gasteiger partial charge in [-0.1, -0.05) is 42.3 Å². The van der Waals surface area contributed by atoms with Crippen molar-refractivity contribution < 1.29 is 4.79 Å². The van der Waals surface area contributed by atoms with Gasteiger partial charge in [0.25, 0.3) is 0 Å². The van der Waals surface area contributed by atoms with E-state index in [2.05, 4.69) is 17.4 Å². The standard InChI is InChI=1S/C19H21ClN2O/c20-15-8-6-14(7-9-15)17-2-1-3-18(17)22-19(23)12-13-4-10-16(21)11-5-13/h4-11,17-18H,1-3,12,21H2,(H,22,23)/t17-,18-/m1/s1.